The van der Waals surface area contributed by atoms with E-state index < -0.39 is 8.07 Å². The second kappa shape index (κ2) is 14.6. The predicted octanol–water partition coefficient (Wildman–Crippen LogP) is 9.55. The van der Waals surface area contributed by atoms with Crippen LogP contribution in [0.25, 0.3) is 33.6 Å². The molecule has 2 aromatic heterocycles. The topological polar surface area (TPSA) is 25.8 Å². The van der Waals surface area contributed by atoms with Crippen LogP contribution in [0, 0.1) is 12.1 Å². The third kappa shape index (κ3) is 8.42. The number of benzene rings is 3. The molecule has 5 rings (SSSR count). The largest absolute Gasteiger partial charge is 0.305 e. The zero-order valence-electron chi connectivity index (χ0n) is 25.2. The summed E-state index contributed by atoms with van der Waals surface area (Å²) < 4.78 is 0. The van der Waals surface area contributed by atoms with Gasteiger partial charge < -0.3 is 9.97 Å². The summed E-state index contributed by atoms with van der Waals surface area (Å²) in [5, 5.41) is 1.47. The van der Waals surface area contributed by atoms with E-state index in [4.69, 9.17) is 0 Å². The second-order valence-corrected chi connectivity index (χ2v) is 16.8. The van der Waals surface area contributed by atoms with Crippen molar-refractivity contribution >= 4 is 13.3 Å². The molecule has 0 fully saturated rings. The summed E-state index contributed by atoms with van der Waals surface area (Å²) in [5.41, 5.74) is 9.34. The average Bonchev–Trinajstić information content (AvgIpc) is 2.98. The van der Waals surface area contributed by atoms with Crippen LogP contribution in [0.2, 0.25) is 19.6 Å². The molecule has 1 radical (unpaired) electrons. The Morgan fingerprint density at radius 2 is 1.10 bits per heavy atom. The maximum Gasteiger partial charge on any atom is 0.0799 e. The molecule has 4 heteroatoms. The van der Waals surface area contributed by atoms with Crippen LogP contribution in [0.5, 0.6) is 0 Å². The number of rotatable bonds is 6. The third-order valence-corrected chi connectivity index (χ3v) is 9.01. The van der Waals surface area contributed by atoms with Crippen molar-refractivity contribution in [3.05, 3.63) is 127 Å². The van der Waals surface area contributed by atoms with Crippen LogP contribution >= 0.6 is 0 Å². The SMILES string of the molecule is CC(C)c1cc(-c2[c-]cccc2)ncc1-c1ccccc1.CC(C)c1cc(-c2[c-]cccc2)ncc1[Si](C)(C)C.[Ir]. The minimum Gasteiger partial charge on any atom is -0.305 e. The summed E-state index contributed by atoms with van der Waals surface area (Å²) in [5.74, 6) is 0.984. The first-order valence-electron chi connectivity index (χ1n) is 14.1. The smallest absolute Gasteiger partial charge is 0.0799 e. The molecule has 0 atom stereocenters. The van der Waals surface area contributed by atoms with E-state index in [-0.39, 0.29) is 20.1 Å². The van der Waals surface area contributed by atoms with Gasteiger partial charge in [0.25, 0.3) is 0 Å². The van der Waals surface area contributed by atoms with E-state index in [2.05, 4.69) is 124 Å². The van der Waals surface area contributed by atoms with Crippen LogP contribution in [0.15, 0.2) is 103 Å². The van der Waals surface area contributed by atoms with E-state index in [0.717, 1.165) is 22.5 Å². The Balaban J connectivity index is 0.000000221. The molecule has 213 valence electrons. The van der Waals surface area contributed by atoms with Gasteiger partial charge in [-0.3, -0.25) is 0 Å². The van der Waals surface area contributed by atoms with Gasteiger partial charge in [0.05, 0.1) is 8.07 Å². The summed E-state index contributed by atoms with van der Waals surface area (Å²) in [4.78, 5) is 9.30. The summed E-state index contributed by atoms with van der Waals surface area (Å²) in [7, 11) is -1.34. The van der Waals surface area contributed by atoms with Gasteiger partial charge in [0, 0.05) is 38.1 Å². The molecule has 3 aromatic carbocycles. The van der Waals surface area contributed by atoms with E-state index >= 15 is 0 Å². The van der Waals surface area contributed by atoms with Crippen molar-refractivity contribution < 1.29 is 20.1 Å². The number of hydrogen-bond acceptors (Lipinski definition) is 2. The molecule has 0 unspecified atom stereocenters. The summed E-state index contributed by atoms with van der Waals surface area (Å²) in [6.07, 6.45) is 4.08. The maximum atomic E-state index is 4.66. The monoisotopic (exact) mass is 733 g/mol. The van der Waals surface area contributed by atoms with E-state index in [0.29, 0.717) is 11.8 Å². The van der Waals surface area contributed by atoms with Crippen LogP contribution in [-0.2, 0) is 20.1 Å². The van der Waals surface area contributed by atoms with E-state index in [9.17, 15) is 0 Å². The van der Waals surface area contributed by atoms with Crippen LogP contribution in [0.4, 0.5) is 0 Å². The minimum atomic E-state index is -1.34. The molecule has 2 heterocycles. The Bertz CT molecular complexity index is 1510. The molecular formula is C37H40IrN2Si-2. The Kier molecular flexibility index (Phi) is 11.5. The Morgan fingerprint density at radius 3 is 1.56 bits per heavy atom. The zero-order chi connectivity index (χ0) is 28.7. The maximum absolute atomic E-state index is 4.66. The van der Waals surface area contributed by atoms with Crippen molar-refractivity contribution in [2.24, 2.45) is 0 Å². The molecule has 5 aromatic rings. The minimum absolute atomic E-state index is 0. The summed E-state index contributed by atoms with van der Waals surface area (Å²) in [6, 6.07) is 37.4. The summed E-state index contributed by atoms with van der Waals surface area (Å²) >= 11 is 0. The fraction of sp³-hybridized carbons (Fsp3) is 0.243. The van der Waals surface area contributed by atoms with Gasteiger partial charge in [0.15, 0.2) is 0 Å². The molecular weight excluding hydrogens is 693 g/mol. The molecule has 0 saturated heterocycles. The van der Waals surface area contributed by atoms with Crippen LogP contribution in [0.1, 0.15) is 50.7 Å². The van der Waals surface area contributed by atoms with Gasteiger partial charge in [-0.1, -0.05) is 95.4 Å². The van der Waals surface area contributed by atoms with Crippen molar-refractivity contribution in [2.75, 3.05) is 0 Å². The van der Waals surface area contributed by atoms with E-state index in [1.165, 1.54) is 27.4 Å². The first kappa shape index (κ1) is 32.3. The van der Waals surface area contributed by atoms with E-state index in [1.807, 2.05) is 48.7 Å². The number of hydrogen-bond donors (Lipinski definition) is 0. The first-order valence-corrected chi connectivity index (χ1v) is 17.6. The average molecular weight is 733 g/mol. The third-order valence-electron chi connectivity index (χ3n) is 6.98. The predicted molar refractivity (Wildman–Crippen MR) is 174 cm³/mol. The normalized spacial score (nSPS) is 11.0. The van der Waals surface area contributed by atoms with Crippen molar-refractivity contribution in [3.8, 4) is 33.6 Å². The van der Waals surface area contributed by atoms with Gasteiger partial charge >= 0.3 is 0 Å². The molecule has 2 nitrogen and oxygen atoms in total. The molecule has 41 heavy (non-hydrogen) atoms. The second-order valence-electron chi connectivity index (χ2n) is 11.8. The molecule has 0 amide bonds. The first-order chi connectivity index (χ1) is 19.1. The quantitative estimate of drug-likeness (QED) is 0.128. The molecule has 0 aliphatic heterocycles. The molecule has 0 N–H and O–H groups in total. The van der Waals surface area contributed by atoms with Crippen molar-refractivity contribution in [2.45, 2.75) is 59.2 Å². The number of nitrogens with zero attached hydrogens (tertiary/aromatic N) is 2. The van der Waals surface area contributed by atoms with Gasteiger partial charge in [-0.15, -0.1) is 71.8 Å². The zero-order valence-corrected chi connectivity index (χ0v) is 28.6. The standard InChI is InChI=1S/C20H18N.C17H22NSi.Ir/c1-15(2)18-13-20(17-11-7-4-8-12-17)21-14-19(18)16-9-5-3-6-10-16;1-13(2)15-11-16(14-9-7-6-8-10-14)18-12-17(15)19(3,4)5;/h3-11,13-15H,1-2H3;6-9,11-13H,1-5H3;/q2*-1;. The van der Waals surface area contributed by atoms with Crippen LogP contribution < -0.4 is 5.19 Å². The fourth-order valence-electron chi connectivity index (χ4n) is 4.78. The Hall–Kier alpha value is -3.17. The molecule has 0 saturated carbocycles. The Morgan fingerprint density at radius 1 is 0.610 bits per heavy atom. The number of pyridine rings is 2. The Labute approximate surface area is 261 Å². The summed E-state index contributed by atoms with van der Waals surface area (Å²) in [6.45, 7) is 16.1. The fourth-order valence-corrected chi connectivity index (χ4v) is 6.46. The van der Waals surface area contributed by atoms with Crippen LogP contribution in [0.3, 0.4) is 0 Å². The van der Waals surface area contributed by atoms with Gasteiger partial charge in [0.1, 0.15) is 0 Å². The number of aromatic nitrogens is 2. The van der Waals surface area contributed by atoms with Gasteiger partial charge in [0.2, 0.25) is 0 Å². The molecule has 0 spiro atoms. The van der Waals surface area contributed by atoms with Gasteiger partial charge in [-0.05, 0) is 39.5 Å². The van der Waals surface area contributed by atoms with Gasteiger partial charge in [-0.2, -0.15) is 0 Å². The molecule has 0 aliphatic carbocycles. The van der Waals surface area contributed by atoms with E-state index in [1.54, 1.807) is 0 Å². The van der Waals surface area contributed by atoms with Crippen molar-refractivity contribution in [1.82, 2.24) is 9.97 Å². The van der Waals surface area contributed by atoms with Crippen molar-refractivity contribution in [3.63, 3.8) is 0 Å². The van der Waals surface area contributed by atoms with Crippen molar-refractivity contribution in [1.29, 1.82) is 0 Å². The molecule has 0 bridgehead atoms. The van der Waals surface area contributed by atoms with Crippen LogP contribution in [-0.4, -0.2) is 18.0 Å². The van der Waals surface area contributed by atoms with Gasteiger partial charge in [-0.25, -0.2) is 0 Å². The molecule has 0 aliphatic rings.